The summed E-state index contributed by atoms with van der Waals surface area (Å²) < 4.78 is 39.7. The van der Waals surface area contributed by atoms with Crippen LogP contribution in [0, 0.1) is 0 Å². The number of aliphatic hydroxyl groups excluding tert-OH is 1. The van der Waals surface area contributed by atoms with Crippen LogP contribution in [0.1, 0.15) is 16.7 Å². The minimum atomic E-state index is -4.40. The summed E-state index contributed by atoms with van der Waals surface area (Å²) in [6.07, 6.45) is -3.40. The molecule has 0 saturated carbocycles. The Balaban J connectivity index is 1.82. The van der Waals surface area contributed by atoms with Crippen LogP contribution in [0.25, 0.3) is 5.65 Å². The molecule has 0 bridgehead atoms. The van der Waals surface area contributed by atoms with Gasteiger partial charge in [-0.05, 0) is 23.3 Å². The molecule has 0 atom stereocenters. The molecule has 1 aromatic carbocycles. The van der Waals surface area contributed by atoms with Crippen LogP contribution < -0.4 is 0 Å². The van der Waals surface area contributed by atoms with Gasteiger partial charge in [-0.3, -0.25) is 4.40 Å². The van der Waals surface area contributed by atoms with Crippen molar-refractivity contribution in [3.8, 4) is 0 Å². The number of nitrogens with zero attached hydrogens (tertiary/aromatic N) is 3. The van der Waals surface area contributed by atoms with Gasteiger partial charge in [0.25, 0.3) is 0 Å². The summed E-state index contributed by atoms with van der Waals surface area (Å²) in [5.41, 5.74) is 1.42. The van der Waals surface area contributed by atoms with E-state index in [0.717, 1.165) is 23.4 Å². The summed E-state index contributed by atoms with van der Waals surface area (Å²) in [5.74, 6) is 0.544. The maximum Gasteiger partial charge on any atom is 0.417 e. The fourth-order valence-electron chi connectivity index (χ4n) is 2.02. The summed E-state index contributed by atoms with van der Waals surface area (Å²) in [5, 5.41) is 17.2. The molecule has 3 rings (SSSR count). The number of aromatic nitrogens is 3. The van der Waals surface area contributed by atoms with Crippen LogP contribution in [-0.2, 0) is 18.5 Å². The first-order valence-corrected chi connectivity index (χ1v) is 7.69. The molecule has 0 fully saturated rings. The normalized spacial score (nSPS) is 12.0. The highest BCUT2D eigenvalue weighted by Crippen LogP contribution is 2.30. The maximum absolute atomic E-state index is 12.8. The predicted molar refractivity (Wildman–Crippen MR) is 79.9 cm³/mol. The van der Waals surface area contributed by atoms with Crippen LogP contribution in [0.3, 0.4) is 0 Å². The zero-order valence-corrected chi connectivity index (χ0v) is 12.6. The molecule has 0 unspecified atom stereocenters. The number of hydrogen-bond acceptors (Lipinski definition) is 4. The molecule has 1 N–H and O–H groups in total. The zero-order valence-electron chi connectivity index (χ0n) is 11.8. The van der Waals surface area contributed by atoms with E-state index in [1.807, 2.05) is 12.1 Å². The van der Waals surface area contributed by atoms with Gasteiger partial charge >= 0.3 is 6.18 Å². The number of rotatable bonds is 4. The molecule has 0 spiro atoms. The van der Waals surface area contributed by atoms with E-state index in [1.165, 1.54) is 22.2 Å². The van der Waals surface area contributed by atoms with Crippen LogP contribution in [0.5, 0.6) is 0 Å². The molecule has 2 aromatic heterocycles. The van der Waals surface area contributed by atoms with Gasteiger partial charge in [-0.25, -0.2) is 0 Å². The van der Waals surface area contributed by atoms with Crippen LogP contribution in [0.4, 0.5) is 13.2 Å². The highest BCUT2D eigenvalue weighted by atomic mass is 32.2. The standard InChI is InChI=1S/C15H12F3N3OS/c16-15(17,18)12-5-6-13-19-20-14(21(13)7-12)23-9-11-3-1-10(8-22)2-4-11/h1-7,22H,8-9H2. The van der Waals surface area contributed by atoms with E-state index in [-0.39, 0.29) is 6.61 Å². The second-order valence-corrected chi connectivity index (χ2v) is 5.83. The van der Waals surface area contributed by atoms with Crippen molar-refractivity contribution in [2.24, 2.45) is 0 Å². The van der Waals surface area contributed by atoms with Crippen molar-refractivity contribution >= 4 is 17.4 Å². The fraction of sp³-hybridized carbons (Fsp3) is 0.200. The molecule has 8 heteroatoms. The van der Waals surface area contributed by atoms with Gasteiger partial charge in [0.1, 0.15) is 0 Å². The second-order valence-electron chi connectivity index (χ2n) is 4.89. The van der Waals surface area contributed by atoms with Crippen molar-refractivity contribution in [3.63, 3.8) is 0 Å². The molecule has 120 valence electrons. The van der Waals surface area contributed by atoms with Crippen molar-refractivity contribution in [1.82, 2.24) is 14.6 Å². The van der Waals surface area contributed by atoms with Gasteiger partial charge in [0.15, 0.2) is 10.8 Å². The molecule has 2 heterocycles. The van der Waals surface area contributed by atoms with Crippen LogP contribution in [0.2, 0.25) is 0 Å². The van der Waals surface area contributed by atoms with Crippen molar-refractivity contribution in [2.75, 3.05) is 0 Å². The summed E-state index contributed by atoms with van der Waals surface area (Å²) in [4.78, 5) is 0. The molecule has 0 saturated heterocycles. The Morgan fingerprint density at radius 2 is 1.70 bits per heavy atom. The molecule has 0 aliphatic carbocycles. The van der Waals surface area contributed by atoms with Crippen molar-refractivity contribution in [1.29, 1.82) is 0 Å². The lowest BCUT2D eigenvalue weighted by Gasteiger charge is -2.07. The van der Waals surface area contributed by atoms with Crippen molar-refractivity contribution in [3.05, 3.63) is 59.3 Å². The number of hydrogen-bond donors (Lipinski definition) is 1. The van der Waals surface area contributed by atoms with E-state index in [2.05, 4.69) is 10.2 Å². The van der Waals surface area contributed by atoms with E-state index in [9.17, 15) is 13.2 Å². The number of alkyl halides is 3. The van der Waals surface area contributed by atoms with E-state index in [0.29, 0.717) is 16.6 Å². The third kappa shape index (κ3) is 3.48. The van der Waals surface area contributed by atoms with Gasteiger partial charge in [0, 0.05) is 11.9 Å². The lowest BCUT2D eigenvalue weighted by Crippen LogP contribution is -2.06. The van der Waals surface area contributed by atoms with E-state index in [4.69, 9.17) is 5.11 Å². The van der Waals surface area contributed by atoms with Crippen molar-refractivity contribution in [2.45, 2.75) is 23.7 Å². The minimum absolute atomic E-state index is 0.0253. The quantitative estimate of drug-likeness (QED) is 0.739. The summed E-state index contributed by atoms with van der Waals surface area (Å²) in [7, 11) is 0. The lowest BCUT2D eigenvalue weighted by atomic mass is 10.2. The minimum Gasteiger partial charge on any atom is -0.392 e. The Labute approximate surface area is 134 Å². The summed E-state index contributed by atoms with van der Waals surface area (Å²) in [6.45, 7) is -0.0253. The molecule has 23 heavy (non-hydrogen) atoms. The number of fused-ring (bicyclic) bond motifs is 1. The van der Waals surface area contributed by atoms with Crippen LogP contribution in [0.15, 0.2) is 47.8 Å². The van der Waals surface area contributed by atoms with Crippen LogP contribution >= 0.6 is 11.8 Å². The van der Waals surface area contributed by atoms with Gasteiger partial charge < -0.3 is 5.11 Å². The van der Waals surface area contributed by atoms with E-state index in [1.54, 1.807) is 12.1 Å². The largest absolute Gasteiger partial charge is 0.417 e. The van der Waals surface area contributed by atoms with Gasteiger partial charge in [-0.1, -0.05) is 36.0 Å². The molecule has 3 aromatic rings. The monoisotopic (exact) mass is 339 g/mol. The predicted octanol–water partition coefficient (Wildman–Crippen LogP) is 3.53. The number of halogens is 3. The fourth-order valence-corrected chi connectivity index (χ4v) is 2.90. The first kappa shape index (κ1) is 15.8. The average molecular weight is 339 g/mol. The van der Waals surface area contributed by atoms with Gasteiger partial charge in [0.2, 0.25) is 0 Å². The first-order chi connectivity index (χ1) is 11.0. The molecule has 4 nitrogen and oxygen atoms in total. The second kappa shape index (κ2) is 6.21. The van der Waals surface area contributed by atoms with E-state index < -0.39 is 11.7 Å². The molecule has 0 aliphatic rings. The molecule has 0 aliphatic heterocycles. The Bertz CT molecular complexity index is 815. The molecule has 0 radical (unpaired) electrons. The third-order valence-electron chi connectivity index (χ3n) is 3.27. The lowest BCUT2D eigenvalue weighted by molar-refractivity contribution is -0.137. The SMILES string of the molecule is OCc1ccc(CSc2nnc3ccc(C(F)(F)F)cn23)cc1. The Kier molecular flexibility index (Phi) is 4.27. The van der Waals surface area contributed by atoms with Gasteiger partial charge in [0.05, 0.1) is 12.2 Å². The molecule has 0 amide bonds. The molecular weight excluding hydrogens is 327 g/mol. The van der Waals surface area contributed by atoms with E-state index >= 15 is 0 Å². The average Bonchev–Trinajstić information content (AvgIpc) is 2.95. The zero-order chi connectivity index (χ0) is 16.4. The highest BCUT2D eigenvalue weighted by Gasteiger charge is 2.31. The van der Waals surface area contributed by atoms with Crippen LogP contribution in [-0.4, -0.2) is 19.7 Å². The number of aliphatic hydroxyl groups is 1. The number of benzene rings is 1. The van der Waals surface area contributed by atoms with Gasteiger partial charge in [-0.2, -0.15) is 13.2 Å². The molecular formula is C15H12F3N3OS. The topological polar surface area (TPSA) is 50.4 Å². The maximum atomic E-state index is 12.8. The Morgan fingerprint density at radius 1 is 1.00 bits per heavy atom. The number of thioether (sulfide) groups is 1. The highest BCUT2D eigenvalue weighted by molar-refractivity contribution is 7.98. The number of pyridine rings is 1. The van der Waals surface area contributed by atoms with Gasteiger partial charge in [-0.15, -0.1) is 10.2 Å². The summed E-state index contributed by atoms with van der Waals surface area (Å²) >= 11 is 1.30. The Morgan fingerprint density at radius 3 is 2.35 bits per heavy atom. The third-order valence-corrected chi connectivity index (χ3v) is 4.29. The summed E-state index contributed by atoms with van der Waals surface area (Å²) in [6, 6.07) is 9.63. The Hall–Kier alpha value is -2.06. The first-order valence-electron chi connectivity index (χ1n) is 6.71. The smallest absolute Gasteiger partial charge is 0.392 e. The van der Waals surface area contributed by atoms with Crippen molar-refractivity contribution < 1.29 is 18.3 Å².